The van der Waals surface area contributed by atoms with Crippen LogP contribution in [0.5, 0.6) is 0 Å². The van der Waals surface area contributed by atoms with Crippen molar-refractivity contribution in [2.24, 2.45) is 0 Å². The monoisotopic (exact) mass is 556 g/mol. The zero-order valence-corrected chi connectivity index (χ0v) is 24.4. The third-order valence-corrected chi connectivity index (χ3v) is 10.5. The number of H-pyrrole nitrogens is 1. The molecule has 1 fully saturated rings. The van der Waals surface area contributed by atoms with Gasteiger partial charge >= 0.3 is 0 Å². The highest BCUT2D eigenvalue weighted by Crippen LogP contribution is 2.40. The van der Waals surface area contributed by atoms with E-state index < -0.39 is 15.1 Å². The van der Waals surface area contributed by atoms with Gasteiger partial charge in [0, 0.05) is 54.4 Å². The predicted molar refractivity (Wildman–Crippen MR) is 162 cm³/mol. The van der Waals surface area contributed by atoms with Gasteiger partial charge in [0.1, 0.15) is 5.52 Å². The van der Waals surface area contributed by atoms with Crippen molar-refractivity contribution in [1.82, 2.24) is 19.9 Å². The number of hydrogen-bond acceptors (Lipinski definition) is 7. The fraction of sp³-hybridized carbons (Fsp3) is 0.355. The number of anilines is 2. The Morgan fingerprint density at radius 2 is 1.80 bits per heavy atom. The molecule has 0 atom stereocenters. The van der Waals surface area contributed by atoms with Gasteiger partial charge in [-0.2, -0.15) is 0 Å². The summed E-state index contributed by atoms with van der Waals surface area (Å²) in [6.45, 7) is 10.7. The molecule has 0 unspecified atom stereocenters. The van der Waals surface area contributed by atoms with E-state index in [1.807, 2.05) is 6.20 Å². The molecule has 2 aliphatic rings. The lowest BCUT2D eigenvalue weighted by atomic mass is 10.0. The zero-order valence-electron chi connectivity index (χ0n) is 23.6. The molecule has 0 bridgehead atoms. The topological polar surface area (TPSA) is 85.4 Å². The van der Waals surface area contributed by atoms with Crippen LogP contribution in [0.4, 0.5) is 11.4 Å². The third kappa shape index (κ3) is 4.57. The molecular weight excluding hydrogens is 520 g/mol. The Kier molecular flexibility index (Phi) is 6.67. The summed E-state index contributed by atoms with van der Waals surface area (Å²) in [6.07, 6.45) is 6.01. The maximum atomic E-state index is 12.5. The normalized spacial score (nSPS) is 16.5. The average Bonchev–Trinajstić information content (AvgIpc) is 3.52. The molecular formula is C31H36N6O2S. The third-order valence-electron chi connectivity index (χ3n) is 8.36. The summed E-state index contributed by atoms with van der Waals surface area (Å²) in [4.78, 5) is 20.2. The molecule has 40 heavy (non-hydrogen) atoms. The number of piperidine rings is 1. The molecule has 8 nitrogen and oxygen atoms in total. The van der Waals surface area contributed by atoms with E-state index in [1.54, 1.807) is 44.3 Å². The Balaban J connectivity index is 1.26. The van der Waals surface area contributed by atoms with Crippen LogP contribution in [-0.4, -0.2) is 66.7 Å². The second-order valence-corrected chi connectivity index (χ2v) is 13.8. The van der Waals surface area contributed by atoms with E-state index in [0.717, 1.165) is 47.7 Å². The van der Waals surface area contributed by atoms with Crippen LogP contribution in [0.25, 0.3) is 28.1 Å². The Morgan fingerprint density at radius 1 is 1.07 bits per heavy atom. The first kappa shape index (κ1) is 26.5. The van der Waals surface area contributed by atoms with Crippen molar-refractivity contribution >= 4 is 38.1 Å². The molecule has 9 heteroatoms. The molecule has 2 aliphatic heterocycles. The lowest BCUT2D eigenvalue weighted by molar-refractivity contribution is 0.249. The zero-order chi connectivity index (χ0) is 28.2. The molecule has 0 radical (unpaired) electrons. The van der Waals surface area contributed by atoms with E-state index in [2.05, 4.69) is 63.5 Å². The molecule has 6 rings (SSSR count). The van der Waals surface area contributed by atoms with Crippen LogP contribution < -0.4 is 9.80 Å². The summed E-state index contributed by atoms with van der Waals surface area (Å²) in [5, 5.41) is -0.471. The molecule has 4 aromatic rings. The Hall–Kier alpha value is -3.69. The molecule has 0 aliphatic carbocycles. The number of aromatic nitrogens is 3. The minimum Gasteiger partial charge on any atom is -0.371 e. The first-order valence-electron chi connectivity index (χ1n) is 13.8. The summed E-state index contributed by atoms with van der Waals surface area (Å²) in [7, 11) is 1.01. The number of benzene rings is 2. The first-order chi connectivity index (χ1) is 19.1. The van der Waals surface area contributed by atoms with Crippen molar-refractivity contribution in [3.63, 3.8) is 0 Å². The van der Waals surface area contributed by atoms with Crippen LogP contribution in [0, 0.1) is 0 Å². The number of hydrogen-bond donors (Lipinski definition) is 1. The maximum absolute atomic E-state index is 12.5. The van der Waals surface area contributed by atoms with Crippen molar-refractivity contribution in [2.45, 2.75) is 49.4 Å². The lowest BCUT2D eigenvalue weighted by Gasteiger charge is -2.36. The van der Waals surface area contributed by atoms with Crippen molar-refractivity contribution in [2.75, 3.05) is 37.0 Å². The van der Waals surface area contributed by atoms with E-state index in [0.29, 0.717) is 22.3 Å². The number of nitrogens with one attached hydrogen (secondary N) is 1. The second-order valence-electron chi connectivity index (χ2n) is 11.3. The van der Waals surface area contributed by atoms with E-state index in [9.17, 15) is 8.42 Å². The van der Waals surface area contributed by atoms with E-state index in [-0.39, 0.29) is 0 Å². The quantitative estimate of drug-likeness (QED) is 0.344. The summed E-state index contributed by atoms with van der Waals surface area (Å²) < 4.78 is 25.1. The van der Waals surface area contributed by atoms with Gasteiger partial charge in [-0.15, -0.1) is 0 Å². The molecule has 0 amide bonds. The minimum atomic E-state index is -3.33. The van der Waals surface area contributed by atoms with Gasteiger partial charge in [-0.05, 0) is 70.6 Å². The number of nitrogens with zero attached hydrogens (tertiary/aromatic N) is 5. The van der Waals surface area contributed by atoms with Crippen LogP contribution in [-0.2, 0) is 16.4 Å². The summed E-state index contributed by atoms with van der Waals surface area (Å²) in [6, 6.07) is 14.3. The number of aromatic amines is 1. The van der Waals surface area contributed by atoms with Gasteiger partial charge in [0.25, 0.3) is 0 Å². The molecule has 1 N–H and O–H groups in total. The minimum absolute atomic E-state index is 0.315. The van der Waals surface area contributed by atoms with Crippen LogP contribution >= 0.6 is 0 Å². The van der Waals surface area contributed by atoms with Gasteiger partial charge in [0.15, 0.2) is 15.5 Å². The summed E-state index contributed by atoms with van der Waals surface area (Å²) >= 11 is 0. The van der Waals surface area contributed by atoms with Crippen LogP contribution in [0.15, 0.2) is 66.3 Å². The lowest BCUT2D eigenvalue weighted by Crippen LogP contribution is -2.42. The van der Waals surface area contributed by atoms with Gasteiger partial charge in [-0.3, -0.25) is 0 Å². The van der Waals surface area contributed by atoms with E-state index >= 15 is 0 Å². The average molecular weight is 557 g/mol. The molecule has 4 heterocycles. The van der Waals surface area contributed by atoms with Gasteiger partial charge in [0.05, 0.1) is 27.7 Å². The van der Waals surface area contributed by atoms with Crippen LogP contribution in [0.1, 0.15) is 37.8 Å². The van der Waals surface area contributed by atoms with Gasteiger partial charge < -0.3 is 19.7 Å². The molecule has 2 aromatic carbocycles. The fourth-order valence-electron chi connectivity index (χ4n) is 5.78. The fourth-order valence-corrected chi connectivity index (χ4v) is 6.84. The van der Waals surface area contributed by atoms with Crippen molar-refractivity contribution in [3.8, 4) is 11.3 Å². The Bertz CT molecular complexity index is 1680. The smallest absolute Gasteiger partial charge is 0.180 e. The highest BCUT2D eigenvalue weighted by molar-refractivity contribution is 7.92. The highest BCUT2D eigenvalue weighted by Gasteiger charge is 2.28. The number of rotatable bonds is 6. The maximum Gasteiger partial charge on any atom is 0.180 e. The SMILES string of the molecule is C=C1c2ccc(N3CCC(N(C)C)CC3)cc2CN1c1c[nH]c2ncc(-c3ccc(S(=O)(=O)C(C)C)cc3)nc12. The van der Waals surface area contributed by atoms with Crippen molar-refractivity contribution < 1.29 is 8.42 Å². The predicted octanol–water partition coefficient (Wildman–Crippen LogP) is 5.33. The summed E-state index contributed by atoms with van der Waals surface area (Å²) in [5.41, 5.74) is 8.53. The number of sulfone groups is 1. The Labute approximate surface area is 236 Å². The Morgan fingerprint density at radius 3 is 2.48 bits per heavy atom. The largest absolute Gasteiger partial charge is 0.371 e. The van der Waals surface area contributed by atoms with Crippen LogP contribution in [0.2, 0.25) is 0 Å². The van der Waals surface area contributed by atoms with Crippen molar-refractivity contribution in [1.29, 1.82) is 0 Å². The molecule has 2 aromatic heterocycles. The van der Waals surface area contributed by atoms with E-state index in [4.69, 9.17) is 4.98 Å². The van der Waals surface area contributed by atoms with Gasteiger partial charge in [0.2, 0.25) is 0 Å². The molecule has 1 saturated heterocycles. The van der Waals surface area contributed by atoms with Crippen LogP contribution in [0.3, 0.4) is 0 Å². The first-order valence-corrected chi connectivity index (χ1v) is 15.4. The molecule has 0 spiro atoms. The van der Waals surface area contributed by atoms with Gasteiger partial charge in [-0.1, -0.05) is 24.8 Å². The molecule has 0 saturated carbocycles. The number of fused-ring (bicyclic) bond motifs is 2. The molecule has 208 valence electrons. The second kappa shape index (κ2) is 10.1. The highest BCUT2D eigenvalue weighted by atomic mass is 32.2. The standard InChI is InChI=1S/C31H36N6O2S/c1-20(2)40(38,39)26-9-6-22(7-10-26)28-17-32-31-30(34-28)29(18-33-31)37-19-23-16-25(8-11-27(23)21(37)3)36-14-12-24(13-15-36)35(4)5/h6-11,16-18,20,24H,3,12-15,19H2,1-2,4-5H3,(H,32,33). The summed E-state index contributed by atoms with van der Waals surface area (Å²) in [5.74, 6) is 0. The van der Waals surface area contributed by atoms with E-state index in [1.165, 1.54) is 24.1 Å². The van der Waals surface area contributed by atoms with Crippen molar-refractivity contribution in [3.05, 3.63) is 72.6 Å². The van der Waals surface area contributed by atoms with Gasteiger partial charge in [-0.25, -0.2) is 18.4 Å².